The Morgan fingerprint density at radius 2 is 1.92 bits per heavy atom. The van der Waals surface area contributed by atoms with Gasteiger partial charge in [0.05, 0.1) is 11.4 Å². The summed E-state index contributed by atoms with van der Waals surface area (Å²) in [6.45, 7) is 13.2. The molecule has 1 aliphatic heterocycles. The van der Waals surface area contributed by atoms with Gasteiger partial charge >= 0.3 is 6.09 Å². The van der Waals surface area contributed by atoms with E-state index >= 15 is 0 Å². The number of halogens is 1. The smallest absolute Gasteiger partial charge is 0.410 e. The number of hydrogen-bond acceptors (Lipinski definition) is 4. The number of aliphatic imine (C=N–C) groups is 1. The fourth-order valence-corrected chi connectivity index (χ4v) is 2.26. The van der Waals surface area contributed by atoms with E-state index in [1.807, 2.05) is 41.5 Å². The van der Waals surface area contributed by atoms with Crippen LogP contribution in [0.3, 0.4) is 0 Å². The van der Waals surface area contributed by atoms with Crippen molar-refractivity contribution in [1.29, 1.82) is 0 Å². The van der Waals surface area contributed by atoms with Crippen LogP contribution in [-0.2, 0) is 4.74 Å². The monoisotopic (exact) mass is 359 g/mol. The summed E-state index contributed by atoms with van der Waals surface area (Å²) in [5.41, 5.74) is -0.490. The van der Waals surface area contributed by atoms with Gasteiger partial charge in [-0.05, 0) is 41.5 Å². The van der Waals surface area contributed by atoms with Crippen LogP contribution in [0.15, 0.2) is 15.2 Å². The molecule has 0 aliphatic carbocycles. The van der Waals surface area contributed by atoms with Crippen LogP contribution in [-0.4, -0.2) is 71.6 Å². The maximum Gasteiger partial charge on any atom is 0.410 e. The first-order valence-corrected chi connectivity index (χ1v) is 8.75. The summed E-state index contributed by atoms with van der Waals surface area (Å²) in [6.07, 6.45) is -0.282. The van der Waals surface area contributed by atoms with E-state index < -0.39 is 5.60 Å². The highest BCUT2D eigenvalue weighted by molar-refractivity contribution is 6.20. The van der Waals surface area contributed by atoms with Crippen LogP contribution in [0.4, 0.5) is 4.79 Å². The Bertz CT molecular complexity index is 487. The Balaban J connectivity index is 2.69. The van der Waals surface area contributed by atoms with Gasteiger partial charge in [0, 0.05) is 32.7 Å². The van der Waals surface area contributed by atoms with Gasteiger partial charge in [-0.3, -0.25) is 4.99 Å². The van der Waals surface area contributed by atoms with Gasteiger partial charge in [-0.1, -0.05) is 0 Å². The van der Waals surface area contributed by atoms with Crippen molar-refractivity contribution in [3.8, 4) is 0 Å². The third-order valence-electron chi connectivity index (χ3n) is 3.73. The summed E-state index contributed by atoms with van der Waals surface area (Å²) in [5.74, 6) is 0.565. The number of hydrogen-bond donors (Lipinski definition) is 0. The minimum atomic E-state index is -0.490. The van der Waals surface area contributed by atoms with Gasteiger partial charge in [0.2, 0.25) is 5.96 Å². The molecule has 1 saturated heterocycles. The number of alkyl halides is 1. The second-order valence-electron chi connectivity index (χ2n) is 7.13. The molecule has 0 aromatic rings. The van der Waals surface area contributed by atoms with Crippen molar-refractivity contribution in [3.63, 3.8) is 0 Å². The summed E-state index contributed by atoms with van der Waals surface area (Å²) in [7, 11) is 1.69. The number of piperazine rings is 1. The molecule has 7 nitrogen and oxygen atoms in total. The molecule has 0 spiro atoms. The molecule has 0 radical (unpaired) electrons. The van der Waals surface area contributed by atoms with Gasteiger partial charge in [-0.2, -0.15) is 5.11 Å². The highest BCUT2D eigenvalue weighted by Crippen LogP contribution is 2.16. The van der Waals surface area contributed by atoms with Gasteiger partial charge in [-0.25, -0.2) is 4.79 Å². The predicted octanol–water partition coefficient (Wildman–Crippen LogP) is 3.38. The zero-order valence-electron chi connectivity index (χ0n) is 15.8. The SMILES string of the molecule is C/N=C(\N=N/C(C)C(C)Cl)N1CCN(C(=O)OC(C)(C)C)C[C@H]1C. The number of guanidine groups is 1. The van der Waals surface area contributed by atoms with Crippen molar-refractivity contribution in [1.82, 2.24) is 9.80 Å². The fourth-order valence-electron chi connectivity index (χ4n) is 2.21. The van der Waals surface area contributed by atoms with E-state index in [-0.39, 0.29) is 23.6 Å². The predicted molar refractivity (Wildman–Crippen MR) is 97.0 cm³/mol. The molecule has 24 heavy (non-hydrogen) atoms. The number of ether oxygens (including phenoxy) is 1. The van der Waals surface area contributed by atoms with Crippen LogP contribution >= 0.6 is 11.6 Å². The summed E-state index contributed by atoms with van der Waals surface area (Å²) < 4.78 is 5.43. The average molecular weight is 360 g/mol. The molecule has 0 aromatic carbocycles. The first kappa shape index (κ1) is 20.7. The van der Waals surface area contributed by atoms with Crippen molar-refractivity contribution < 1.29 is 9.53 Å². The van der Waals surface area contributed by atoms with Crippen molar-refractivity contribution in [3.05, 3.63) is 0 Å². The third-order valence-corrected chi connectivity index (χ3v) is 4.09. The molecule has 0 bridgehead atoms. The molecule has 1 aliphatic rings. The molecule has 1 fully saturated rings. The lowest BCUT2D eigenvalue weighted by Gasteiger charge is -2.40. The second kappa shape index (κ2) is 8.65. The molecular weight excluding hydrogens is 330 g/mol. The number of amides is 1. The quantitative estimate of drug-likeness (QED) is 0.328. The van der Waals surface area contributed by atoms with E-state index in [1.54, 1.807) is 11.9 Å². The Morgan fingerprint density at radius 3 is 2.38 bits per heavy atom. The van der Waals surface area contributed by atoms with E-state index in [0.29, 0.717) is 25.6 Å². The lowest BCUT2D eigenvalue weighted by atomic mass is 10.2. The Hall–Kier alpha value is -1.37. The van der Waals surface area contributed by atoms with E-state index in [0.717, 1.165) is 0 Å². The lowest BCUT2D eigenvalue weighted by Crippen LogP contribution is -2.55. The molecule has 1 amide bonds. The second-order valence-corrected chi connectivity index (χ2v) is 7.81. The zero-order chi connectivity index (χ0) is 18.5. The van der Waals surface area contributed by atoms with Crippen molar-refractivity contribution >= 4 is 23.7 Å². The minimum Gasteiger partial charge on any atom is -0.444 e. The topological polar surface area (TPSA) is 69.9 Å². The summed E-state index contributed by atoms with van der Waals surface area (Å²) in [5, 5.41) is 8.38. The van der Waals surface area contributed by atoms with Crippen LogP contribution in [0.2, 0.25) is 0 Å². The maximum atomic E-state index is 12.2. The van der Waals surface area contributed by atoms with Crippen LogP contribution in [0, 0.1) is 0 Å². The fraction of sp³-hybridized carbons (Fsp3) is 0.875. The zero-order valence-corrected chi connectivity index (χ0v) is 16.5. The molecule has 0 saturated carbocycles. The molecule has 0 N–H and O–H groups in total. The first-order valence-electron chi connectivity index (χ1n) is 8.31. The van der Waals surface area contributed by atoms with Gasteiger partial charge < -0.3 is 14.5 Å². The van der Waals surface area contributed by atoms with E-state index in [4.69, 9.17) is 16.3 Å². The number of rotatable bonds is 2. The molecule has 1 heterocycles. The molecule has 8 heteroatoms. The normalized spacial score (nSPS) is 22.7. The van der Waals surface area contributed by atoms with Gasteiger partial charge in [0.1, 0.15) is 5.60 Å². The van der Waals surface area contributed by atoms with Gasteiger partial charge in [-0.15, -0.1) is 16.7 Å². The average Bonchev–Trinajstić information content (AvgIpc) is 2.46. The standard InChI is InChI=1S/C16H30ClN5O2/c1-11-10-21(15(23)24-16(4,5)6)8-9-22(11)14(18-7)20-19-13(3)12(2)17/h11-13H,8-10H2,1-7H3/b18-14+,20-19-/t11-,12?,13?/m1/s1. The van der Waals surface area contributed by atoms with Crippen LogP contribution in [0.1, 0.15) is 41.5 Å². The van der Waals surface area contributed by atoms with Gasteiger partial charge in [0.25, 0.3) is 0 Å². The van der Waals surface area contributed by atoms with E-state index in [1.165, 1.54) is 0 Å². The summed E-state index contributed by atoms with van der Waals surface area (Å²) in [6, 6.07) is -0.00516. The van der Waals surface area contributed by atoms with Crippen LogP contribution in [0.5, 0.6) is 0 Å². The largest absolute Gasteiger partial charge is 0.444 e. The molecule has 1 rings (SSSR count). The van der Waals surface area contributed by atoms with Crippen molar-refractivity contribution in [2.45, 2.75) is 64.6 Å². The Kier molecular flexibility index (Phi) is 7.45. The number of azo groups is 1. The highest BCUT2D eigenvalue weighted by Gasteiger charge is 2.31. The number of nitrogens with zero attached hydrogens (tertiary/aromatic N) is 5. The molecule has 0 aromatic heterocycles. The number of carbonyl (C=O) groups is 1. The molecule has 2 unspecified atom stereocenters. The van der Waals surface area contributed by atoms with E-state index in [2.05, 4.69) is 20.1 Å². The molecule has 138 valence electrons. The molecule has 3 atom stereocenters. The van der Waals surface area contributed by atoms with Crippen molar-refractivity contribution in [2.24, 2.45) is 15.2 Å². The highest BCUT2D eigenvalue weighted by atomic mass is 35.5. The van der Waals surface area contributed by atoms with Gasteiger partial charge in [0.15, 0.2) is 0 Å². The van der Waals surface area contributed by atoms with Crippen LogP contribution < -0.4 is 0 Å². The lowest BCUT2D eigenvalue weighted by molar-refractivity contribution is 0.0132. The third kappa shape index (κ3) is 6.26. The van der Waals surface area contributed by atoms with Crippen molar-refractivity contribution in [2.75, 3.05) is 26.7 Å². The molecular formula is C16H30ClN5O2. The van der Waals surface area contributed by atoms with Crippen LogP contribution in [0.25, 0.3) is 0 Å². The minimum absolute atomic E-state index is 0.0765. The van der Waals surface area contributed by atoms with E-state index in [9.17, 15) is 4.79 Å². The Labute approximate surface area is 150 Å². The first-order chi connectivity index (χ1) is 11.0. The number of carbonyl (C=O) groups excluding carboxylic acids is 1. The Morgan fingerprint density at radius 1 is 1.29 bits per heavy atom. The maximum absolute atomic E-state index is 12.2. The summed E-state index contributed by atoms with van der Waals surface area (Å²) >= 11 is 6.01. The summed E-state index contributed by atoms with van der Waals surface area (Å²) in [4.78, 5) is 20.2.